The van der Waals surface area contributed by atoms with E-state index in [1.54, 1.807) is 37.4 Å². The Morgan fingerprint density at radius 2 is 1.94 bits per heavy atom. The Morgan fingerprint density at radius 1 is 1.17 bits per heavy atom. The average molecular weight is 486 g/mol. The van der Waals surface area contributed by atoms with Crippen LogP contribution in [0.2, 0.25) is 0 Å². The summed E-state index contributed by atoms with van der Waals surface area (Å²) in [5.41, 5.74) is 1.02. The van der Waals surface area contributed by atoms with Crippen LogP contribution in [0, 0.1) is 5.82 Å². The molecule has 2 aliphatic heterocycles. The van der Waals surface area contributed by atoms with Gasteiger partial charge in [-0.25, -0.2) is 4.39 Å². The number of carbonyl (C=O) groups excluding carboxylic acids is 1. The normalized spacial score (nSPS) is 21.8. The van der Waals surface area contributed by atoms with Gasteiger partial charge in [0.05, 0.1) is 31.0 Å². The largest absolute Gasteiger partial charge is 0.493 e. The summed E-state index contributed by atoms with van der Waals surface area (Å²) in [4.78, 5) is 15.2. The third kappa shape index (κ3) is 5.96. The molecule has 2 atom stereocenters. The van der Waals surface area contributed by atoms with E-state index in [1.807, 2.05) is 31.7 Å². The van der Waals surface area contributed by atoms with Gasteiger partial charge in [-0.05, 0) is 69.5 Å². The van der Waals surface area contributed by atoms with Crippen LogP contribution in [-0.4, -0.2) is 55.4 Å². The zero-order valence-corrected chi connectivity index (χ0v) is 21.1. The molecule has 6 nitrogen and oxygen atoms in total. The number of carbonyl (C=O) groups is 1. The fourth-order valence-corrected chi connectivity index (χ4v) is 5.18. The molecule has 0 saturated carbocycles. The van der Waals surface area contributed by atoms with E-state index in [1.165, 1.54) is 6.07 Å². The van der Waals surface area contributed by atoms with Crippen molar-refractivity contribution in [2.24, 2.45) is 0 Å². The number of likely N-dealkylation sites (tertiary alicyclic amines) is 1. The van der Waals surface area contributed by atoms with E-state index in [9.17, 15) is 9.18 Å². The number of benzene rings is 2. The summed E-state index contributed by atoms with van der Waals surface area (Å²) in [6, 6.07) is 11.9. The van der Waals surface area contributed by atoms with Crippen molar-refractivity contribution >= 4 is 5.91 Å². The van der Waals surface area contributed by atoms with Gasteiger partial charge in [-0.2, -0.15) is 0 Å². The monoisotopic (exact) mass is 485 g/mol. The van der Waals surface area contributed by atoms with Gasteiger partial charge in [0, 0.05) is 38.1 Å². The van der Waals surface area contributed by atoms with Gasteiger partial charge in [0.15, 0.2) is 11.5 Å². The summed E-state index contributed by atoms with van der Waals surface area (Å²) < 4.78 is 37.8. The average Bonchev–Trinajstić information content (AvgIpc) is 2.84. The Morgan fingerprint density at radius 3 is 2.60 bits per heavy atom. The third-order valence-electron chi connectivity index (χ3n) is 6.83. The maximum absolute atomic E-state index is 13.9. The van der Waals surface area contributed by atoms with Gasteiger partial charge in [0.1, 0.15) is 5.82 Å². The molecule has 2 aromatic carbocycles. The molecule has 2 heterocycles. The van der Waals surface area contributed by atoms with E-state index in [4.69, 9.17) is 18.9 Å². The zero-order chi connectivity index (χ0) is 25.0. The highest BCUT2D eigenvalue weighted by Crippen LogP contribution is 2.44. The van der Waals surface area contributed by atoms with Gasteiger partial charge in [-0.15, -0.1) is 0 Å². The number of halogens is 1. The highest BCUT2D eigenvalue weighted by molar-refractivity contribution is 5.95. The first-order valence-electron chi connectivity index (χ1n) is 12.5. The molecule has 2 aromatic rings. The van der Waals surface area contributed by atoms with Crippen molar-refractivity contribution in [3.05, 3.63) is 59.4 Å². The lowest BCUT2D eigenvalue weighted by molar-refractivity contribution is -0.190. The summed E-state index contributed by atoms with van der Waals surface area (Å²) in [5.74, 6) is 0.871. The van der Waals surface area contributed by atoms with Gasteiger partial charge in [0.2, 0.25) is 0 Å². The van der Waals surface area contributed by atoms with Crippen LogP contribution in [0.3, 0.4) is 0 Å². The number of rotatable bonds is 7. The van der Waals surface area contributed by atoms with Crippen LogP contribution in [0.5, 0.6) is 11.5 Å². The molecular weight excluding hydrogens is 449 g/mol. The van der Waals surface area contributed by atoms with Crippen LogP contribution in [0.25, 0.3) is 0 Å². The molecule has 190 valence electrons. The first-order chi connectivity index (χ1) is 16.8. The third-order valence-corrected chi connectivity index (χ3v) is 6.83. The van der Waals surface area contributed by atoms with E-state index in [0.29, 0.717) is 56.0 Å². The van der Waals surface area contributed by atoms with Gasteiger partial charge in [-0.3, -0.25) is 4.79 Å². The first kappa shape index (κ1) is 25.5. The summed E-state index contributed by atoms with van der Waals surface area (Å²) in [5, 5.41) is 0. The summed E-state index contributed by atoms with van der Waals surface area (Å²) >= 11 is 0. The summed E-state index contributed by atoms with van der Waals surface area (Å²) in [6.45, 7) is 7.68. The van der Waals surface area contributed by atoms with Crippen LogP contribution < -0.4 is 9.47 Å². The molecular formula is C28H36FNO5. The first-order valence-corrected chi connectivity index (χ1v) is 12.5. The van der Waals surface area contributed by atoms with Crippen LogP contribution in [-0.2, 0) is 9.47 Å². The fourth-order valence-electron chi connectivity index (χ4n) is 5.18. The fraction of sp³-hybridized carbons (Fsp3) is 0.536. The van der Waals surface area contributed by atoms with Crippen molar-refractivity contribution < 1.29 is 28.1 Å². The summed E-state index contributed by atoms with van der Waals surface area (Å²) in [6.07, 6.45) is 2.73. The number of nitrogens with zero attached hydrogens (tertiary/aromatic N) is 1. The molecule has 1 spiro atoms. The van der Waals surface area contributed by atoms with Crippen molar-refractivity contribution in [1.29, 1.82) is 0 Å². The second kappa shape index (κ2) is 11.0. The Balaban J connectivity index is 1.46. The van der Waals surface area contributed by atoms with Crippen molar-refractivity contribution in [3.8, 4) is 11.5 Å². The lowest BCUT2D eigenvalue weighted by atomic mass is 9.80. The molecule has 4 rings (SSSR count). The molecule has 1 amide bonds. The topological polar surface area (TPSA) is 57.2 Å². The van der Waals surface area contributed by atoms with E-state index >= 15 is 0 Å². The standard InChI is InChI=1S/C28H36FNO5/c1-5-33-23-17-25(20-7-6-8-22(29)15-20)35-28(18-23)11-13-30(14-12-28)27(31)21-9-10-24(34-19(2)3)26(16-21)32-4/h6-10,15-16,19,23,25H,5,11-14,17-18H2,1-4H3/t23-,25-/m0/s1. The zero-order valence-electron chi connectivity index (χ0n) is 21.1. The lowest BCUT2D eigenvalue weighted by Gasteiger charge is -2.48. The Kier molecular flexibility index (Phi) is 7.97. The Labute approximate surface area is 207 Å². The smallest absolute Gasteiger partial charge is 0.253 e. The van der Waals surface area contributed by atoms with Crippen LogP contribution in [0.1, 0.15) is 68.5 Å². The van der Waals surface area contributed by atoms with Gasteiger partial charge < -0.3 is 23.8 Å². The number of piperidine rings is 1. The summed E-state index contributed by atoms with van der Waals surface area (Å²) in [7, 11) is 1.58. The second-order valence-corrected chi connectivity index (χ2v) is 9.69. The van der Waals surface area contributed by atoms with Gasteiger partial charge in [-0.1, -0.05) is 12.1 Å². The minimum Gasteiger partial charge on any atom is -0.493 e. The van der Waals surface area contributed by atoms with Gasteiger partial charge in [0.25, 0.3) is 5.91 Å². The lowest BCUT2D eigenvalue weighted by Crippen LogP contribution is -2.52. The van der Waals surface area contributed by atoms with E-state index in [2.05, 4.69) is 0 Å². The quantitative estimate of drug-likeness (QED) is 0.514. The number of hydrogen-bond donors (Lipinski definition) is 0. The van der Waals surface area contributed by atoms with Crippen molar-refractivity contribution in [2.75, 3.05) is 26.8 Å². The van der Waals surface area contributed by atoms with Crippen LogP contribution in [0.15, 0.2) is 42.5 Å². The number of amides is 1. The molecule has 7 heteroatoms. The maximum atomic E-state index is 13.9. The second-order valence-electron chi connectivity index (χ2n) is 9.69. The number of hydrogen-bond acceptors (Lipinski definition) is 5. The molecule has 2 fully saturated rings. The molecule has 0 aliphatic carbocycles. The van der Waals surface area contributed by atoms with E-state index < -0.39 is 5.60 Å². The molecule has 0 radical (unpaired) electrons. The van der Waals surface area contributed by atoms with Gasteiger partial charge >= 0.3 is 0 Å². The maximum Gasteiger partial charge on any atom is 0.253 e. The Hall–Kier alpha value is -2.64. The predicted octanol–water partition coefficient (Wildman–Crippen LogP) is 5.55. The van der Waals surface area contributed by atoms with Crippen LogP contribution >= 0.6 is 0 Å². The van der Waals surface area contributed by atoms with Crippen molar-refractivity contribution in [1.82, 2.24) is 4.90 Å². The van der Waals surface area contributed by atoms with Crippen molar-refractivity contribution in [2.45, 2.75) is 70.4 Å². The van der Waals surface area contributed by atoms with Crippen LogP contribution in [0.4, 0.5) is 4.39 Å². The number of methoxy groups -OCH3 is 1. The molecule has 0 unspecified atom stereocenters. The highest BCUT2D eigenvalue weighted by Gasteiger charge is 2.45. The van der Waals surface area contributed by atoms with E-state index in [0.717, 1.165) is 12.0 Å². The highest BCUT2D eigenvalue weighted by atomic mass is 19.1. The molecule has 2 aliphatic rings. The minimum atomic E-state index is -0.390. The minimum absolute atomic E-state index is 0.0101. The molecule has 0 N–H and O–H groups in total. The predicted molar refractivity (Wildman–Crippen MR) is 132 cm³/mol. The molecule has 35 heavy (non-hydrogen) atoms. The molecule has 2 saturated heterocycles. The SMILES string of the molecule is CCO[C@H]1C[C@@H](c2cccc(F)c2)OC2(CCN(C(=O)c3ccc(OC(C)C)c(OC)c3)CC2)C1. The molecule has 0 aromatic heterocycles. The number of ether oxygens (including phenoxy) is 4. The van der Waals surface area contributed by atoms with Crippen molar-refractivity contribution in [3.63, 3.8) is 0 Å². The van der Waals surface area contributed by atoms with E-state index in [-0.39, 0.29) is 30.0 Å². The molecule has 0 bridgehead atoms. The Bertz CT molecular complexity index is 1020.